The molecule has 0 bridgehead atoms. The van der Waals surface area contributed by atoms with E-state index in [0.29, 0.717) is 11.7 Å². The standard InChI is InChI=1S/C12H19N3O2S/c1-15(12-6-7-13-9-12)11-5-3-4-10(8-11)14-18(2,16)17/h3-5,8,12-14H,6-7,9H2,1-2H3. The van der Waals surface area contributed by atoms with Gasteiger partial charge in [-0.15, -0.1) is 0 Å². The van der Waals surface area contributed by atoms with Gasteiger partial charge in [0.15, 0.2) is 0 Å². The monoisotopic (exact) mass is 269 g/mol. The second-order valence-electron chi connectivity index (χ2n) is 4.68. The number of sulfonamides is 1. The van der Waals surface area contributed by atoms with E-state index in [-0.39, 0.29) is 0 Å². The fraction of sp³-hybridized carbons (Fsp3) is 0.500. The summed E-state index contributed by atoms with van der Waals surface area (Å²) in [7, 11) is -1.18. The molecule has 1 aliphatic heterocycles. The minimum Gasteiger partial charge on any atom is -0.370 e. The molecular weight excluding hydrogens is 250 g/mol. The molecule has 1 aliphatic rings. The second-order valence-corrected chi connectivity index (χ2v) is 6.43. The lowest BCUT2D eigenvalue weighted by molar-refractivity contribution is 0.607. The maximum Gasteiger partial charge on any atom is 0.229 e. The molecule has 0 aromatic heterocycles. The van der Waals surface area contributed by atoms with Crippen LogP contribution in [0.4, 0.5) is 11.4 Å². The van der Waals surface area contributed by atoms with Crippen molar-refractivity contribution in [1.82, 2.24) is 5.32 Å². The summed E-state index contributed by atoms with van der Waals surface area (Å²) in [5.74, 6) is 0. The molecule has 0 saturated carbocycles. The first-order valence-electron chi connectivity index (χ1n) is 5.97. The topological polar surface area (TPSA) is 61.4 Å². The third-order valence-corrected chi connectivity index (χ3v) is 3.75. The van der Waals surface area contributed by atoms with Crippen LogP contribution in [0, 0.1) is 0 Å². The van der Waals surface area contributed by atoms with Crippen molar-refractivity contribution < 1.29 is 8.42 Å². The van der Waals surface area contributed by atoms with Crippen molar-refractivity contribution >= 4 is 21.4 Å². The number of hydrogen-bond donors (Lipinski definition) is 2. The average molecular weight is 269 g/mol. The first-order chi connectivity index (χ1) is 8.46. The molecule has 0 spiro atoms. The summed E-state index contributed by atoms with van der Waals surface area (Å²) in [6.07, 6.45) is 2.27. The smallest absolute Gasteiger partial charge is 0.229 e. The van der Waals surface area contributed by atoms with Crippen molar-refractivity contribution in [2.45, 2.75) is 12.5 Å². The fourth-order valence-electron chi connectivity index (χ4n) is 2.18. The summed E-state index contributed by atoms with van der Waals surface area (Å²) in [6.45, 7) is 2.01. The van der Waals surface area contributed by atoms with Crippen LogP contribution in [0.5, 0.6) is 0 Å². The van der Waals surface area contributed by atoms with Gasteiger partial charge >= 0.3 is 0 Å². The Morgan fingerprint density at radius 2 is 2.22 bits per heavy atom. The molecule has 1 unspecified atom stereocenters. The van der Waals surface area contributed by atoms with Crippen LogP contribution >= 0.6 is 0 Å². The Morgan fingerprint density at radius 3 is 2.83 bits per heavy atom. The zero-order chi connectivity index (χ0) is 13.2. The van der Waals surface area contributed by atoms with Crippen LogP contribution in [-0.2, 0) is 10.0 Å². The van der Waals surface area contributed by atoms with Crippen LogP contribution in [0.25, 0.3) is 0 Å². The van der Waals surface area contributed by atoms with Crippen molar-refractivity contribution in [3.63, 3.8) is 0 Å². The summed E-state index contributed by atoms with van der Waals surface area (Å²) in [6, 6.07) is 7.94. The molecule has 1 aromatic rings. The van der Waals surface area contributed by atoms with E-state index in [2.05, 4.69) is 14.9 Å². The van der Waals surface area contributed by atoms with Crippen LogP contribution in [0.1, 0.15) is 6.42 Å². The molecule has 1 saturated heterocycles. The van der Waals surface area contributed by atoms with Gasteiger partial charge in [-0.05, 0) is 31.2 Å². The van der Waals surface area contributed by atoms with E-state index in [4.69, 9.17) is 0 Å². The van der Waals surface area contributed by atoms with Crippen molar-refractivity contribution in [2.24, 2.45) is 0 Å². The predicted octanol–water partition coefficient (Wildman–Crippen LogP) is 0.856. The molecular formula is C12H19N3O2S. The van der Waals surface area contributed by atoms with Crippen molar-refractivity contribution in [3.05, 3.63) is 24.3 Å². The number of likely N-dealkylation sites (N-methyl/N-ethyl adjacent to an activating group) is 1. The zero-order valence-electron chi connectivity index (χ0n) is 10.7. The van der Waals surface area contributed by atoms with Crippen molar-refractivity contribution in [3.8, 4) is 0 Å². The lowest BCUT2D eigenvalue weighted by Gasteiger charge is -2.26. The van der Waals surface area contributed by atoms with Crippen molar-refractivity contribution in [1.29, 1.82) is 0 Å². The maximum absolute atomic E-state index is 11.2. The van der Waals surface area contributed by atoms with E-state index < -0.39 is 10.0 Å². The lowest BCUT2D eigenvalue weighted by atomic mass is 10.2. The van der Waals surface area contributed by atoms with Gasteiger partial charge in [0, 0.05) is 25.3 Å². The van der Waals surface area contributed by atoms with Gasteiger partial charge in [0.2, 0.25) is 10.0 Å². The lowest BCUT2D eigenvalue weighted by Crippen LogP contribution is -2.33. The van der Waals surface area contributed by atoms with Gasteiger partial charge in [-0.2, -0.15) is 0 Å². The van der Waals surface area contributed by atoms with Crippen LogP contribution in [0.15, 0.2) is 24.3 Å². The second kappa shape index (κ2) is 5.16. The SMILES string of the molecule is CN(c1cccc(NS(C)(=O)=O)c1)C1CCNC1. The predicted molar refractivity (Wildman–Crippen MR) is 74.6 cm³/mol. The molecule has 0 amide bonds. The number of anilines is 2. The van der Waals surface area contributed by atoms with Crippen LogP contribution in [0.3, 0.4) is 0 Å². The fourth-order valence-corrected chi connectivity index (χ4v) is 2.74. The molecule has 1 atom stereocenters. The molecule has 2 N–H and O–H groups in total. The number of nitrogens with one attached hydrogen (secondary N) is 2. The van der Waals surface area contributed by atoms with Gasteiger partial charge in [-0.25, -0.2) is 8.42 Å². The normalized spacial score (nSPS) is 19.8. The van der Waals surface area contributed by atoms with Crippen LogP contribution in [0.2, 0.25) is 0 Å². The Balaban J connectivity index is 2.15. The Kier molecular flexibility index (Phi) is 3.77. The van der Waals surface area contributed by atoms with E-state index in [1.165, 1.54) is 0 Å². The molecule has 1 fully saturated rings. The minimum atomic E-state index is -3.22. The number of benzene rings is 1. The molecule has 0 radical (unpaired) electrons. The summed E-state index contributed by atoms with van der Waals surface area (Å²) in [4.78, 5) is 2.19. The van der Waals surface area contributed by atoms with E-state index in [1.807, 2.05) is 25.2 Å². The highest BCUT2D eigenvalue weighted by Crippen LogP contribution is 2.22. The summed E-state index contributed by atoms with van der Waals surface area (Å²) in [5.41, 5.74) is 1.63. The number of nitrogens with zero attached hydrogens (tertiary/aromatic N) is 1. The maximum atomic E-state index is 11.2. The average Bonchev–Trinajstić information content (AvgIpc) is 2.79. The van der Waals surface area contributed by atoms with E-state index in [1.54, 1.807) is 6.07 Å². The highest BCUT2D eigenvalue weighted by Gasteiger charge is 2.19. The highest BCUT2D eigenvalue weighted by molar-refractivity contribution is 7.92. The third kappa shape index (κ3) is 3.36. The zero-order valence-corrected chi connectivity index (χ0v) is 11.5. The number of rotatable bonds is 4. The molecule has 1 heterocycles. The molecule has 5 nitrogen and oxygen atoms in total. The first kappa shape index (κ1) is 13.2. The van der Waals surface area contributed by atoms with Gasteiger partial charge < -0.3 is 10.2 Å². The van der Waals surface area contributed by atoms with E-state index in [9.17, 15) is 8.42 Å². The van der Waals surface area contributed by atoms with Gasteiger partial charge in [-0.3, -0.25) is 4.72 Å². The molecule has 100 valence electrons. The number of hydrogen-bond acceptors (Lipinski definition) is 4. The highest BCUT2D eigenvalue weighted by atomic mass is 32.2. The van der Waals surface area contributed by atoms with Gasteiger partial charge in [-0.1, -0.05) is 6.07 Å². The molecule has 2 rings (SSSR count). The minimum absolute atomic E-state index is 0.471. The molecule has 6 heteroatoms. The molecule has 0 aliphatic carbocycles. The Hall–Kier alpha value is -1.27. The van der Waals surface area contributed by atoms with Gasteiger partial charge in [0.05, 0.1) is 11.9 Å². The Bertz CT molecular complexity index is 510. The molecule has 1 aromatic carbocycles. The summed E-state index contributed by atoms with van der Waals surface area (Å²) in [5, 5.41) is 3.32. The Morgan fingerprint density at radius 1 is 1.44 bits per heavy atom. The van der Waals surface area contributed by atoms with Crippen molar-refractivity contribution in [2.75, 3.05) is 36.0 Å². The van der Waals surface area contributed by atoms with Crippen LogP contribution < -0.4 is 14.9 Å². The quantitative estimate of drug-likeness (QED) is 0.851. The van der Waals surface area contributed by atoms with Gasteiger partial charge in [0.1, 0.15) is 0 Å². The first-order valence-corrected chi connectivity index (χ1v) is 7.86. The van der Waals surface area contributed by atoms with E-state index >= 15 is 0 Å². The third-order valence-electron chi connectivity index (χ3n) is 3.14. The summed E-state index contributed by atoms with van der Waals surface area (Å²) < 4.78 is 24.9. The Labute approximate surface area is 108 Å². The van der Waals surface area contributed by atoms with E-state index in [0.717, 1.165) is 31.5 Å². The summed E-state index contributed by atoms with van der Waals surface area (Å²) >= 11 is 0. The largest absolute Gasteiger partial charge is 0.370 e. The van der Waals surface area contributed by atoms with Crippen LogP contribution in [-0.4, -0.2) is 40.9 Å². The molecule has 18 heavy (non-hydrogen) atoms. The van der Waals surface area contributed by atoms with Gasteiger partial charge in [0.25, 0.3) is 0 Å².